The molecule has 0 radical (unpaired) electrons. The third-order valence-corrected chi connectivity index (χ3v) is 6.36. The first-order valence-corrected chi connectivity index (χ1v) is 11.0. The molecule has 1 aliphatic rings. The van der Waals surface area contributed by atoms with E-state index in [4.69, 9.17) is 4.98 Å². The Morgan fingerprint density at radius 2 is 1.93 bits per heavy atom. The SMILES string of the molecule is Cc1ccc2cc(CN(C(=O)c3ccc(F)cc3)C3CC3)c(-c3cccs3)nc2c1. The lowest BCUT2D eigenvalue weighted by Gasteiger charge is -2.24. The number of nitrogens with zero attached hydrogens (tertiary/aromatic N) is 2. The lowest BCUT2D eigenvalue weighted by Crippen LogP contribution is -2.32. The summed E-state index contributed by atoms with van der Waals surface area (Å²) in [5, 5.41) is 3.12. The molecular formula is C25H21FN2OS. The van der Waals surface area contributed by atoms with Crippen molar-refractivity contribution in [2.24, 2.45) is 0 Å². The fraction of sp³-hybridized carbons (Fsp3) is 0.200. The number of amides is 1. The Morgan fingerprint density at radius 3 is 2.63 bits per heavy atom. The maximum atomic E-state index is 13.3. The number of benzene rings is 2. The predicted molar refractivity (Wildman–Crippen MR) is 119 cm³/mol. The zero-order valence-corrected chi connectivity index (χ0v) is 17.5. The minimum absolute atomic E-state index is 0.0568. The number of fused-ring (bicyclic) bond motifs is 1. The second-order valence-corrected chi connectivity index (χ2v) is 8.79. The van der Waals surface area contributed by atoms with Crippen molar-refractivity contribution in [1.29, 1.82) is 0 Å². The summed E-state index contributed by atoms with van der Waals surface area (Å²) in [6, 6.07) is 18.6. The molecule has 1 aliphatic carbocycles. The summed E-state index contributed by atoms with van der Waals surface area (Å²) in [5.74, 6) is -0.392. The van der Waals surface area contributed by atoms with E-state index in [1.165, 1.54) is 17.7 Å². The number of rotatable bonds is 5. The van der Waals surface area contributed by atoms with Crippen LogP contribution < -0.4 is 0 Å². The summed E-state index contributed by atoms with van der Waals surface area (Å²) in [5.41, 5.74) is 4.62. The lowest BCUT2D eigenvalue weighted by molar-refractivity contribution is 0.0730. The van der Waals surface area contributed by atoms with E-state index < -0.39 is 0 Å². The van der Waals surface area contributed by atoms with Crippen LogP contribution in [0.2, 0.25) is 0 Å². The van der Waals surface area contributed by atoms with E-state index in [1.807, 2.05) is 16.3 Å². The summed E-state index contributed by atoms with van der Waals surface area (Å²) in [6.45, 7) is 2.56. The Kier molecular flexibility index (Phi) is 4.83. The van der Waals surface area contributed by atoms with Crippen molar-refractivity contribution >= 4 is 28.1 Å². The van der Waals surface area contributed by atoms with Crippen LogP contribution >= 0.6 is 11.3 Å². The smallest absolute Gasteiger partial charge is 0.254 e. The Morgan fingerprint density at radius 1 is 1.13 bits per heavy atom. The molecule has 0 aliphatic heterocycles. The molecule has 2 aromatic heterocycles. The van der Waals surface area contributed by atoms with Crippen molar-refractivity contribution in [2.45, 2.75) is 32.4 Å². The number of carbonyl (C=O) groups excluding carboxylic acids is 1. The third kappa shape index (κ3) is 3.73. The van der Waals surface area contributed by atoms with Crippen LogP contribution in [-0.4, -0.2) is 21.8 Å². The molecule has 150 valence electrons. The first-order valence-electron chi connectivity index (χ1n) is 10.1. The minimum Gasteiger partial charge on any atom is -0.331 e. The van der Waals surface area contributed by atoms with Gasteiger partial charge in [-0.2, -0.15) is 0 Å². The Labute approximate surface area is 178 Å². The van der Waals surface area contributed by atoms with Crippen LogP contribution in [0.5, 0.6) is 0 Å². The molecule has 0 saturated heterocycles. The maximum absolute atomic E-state index is 13.3. The molecule has 30 heavy (non-hydrogen) atoms. The summed E-state index contributed by atoms with van der Waals surface area (Å²) in [4.78, 5) is 21.2. The van der Waals surface area contributed by atoms with E-state index in [0.29, 0.717) is 12.1 Å². The normalized spacial score (nSPS) is 13.5. The van der Waals surface area contributed by atoms with Gasteiger partial charge in [0.15, 0.2) is 0 Å². The highest BCUT2D eigenvalue weighted by atomic mass is 32.1. The van der Waals surface area contributed by atoms with Crippen LogP contribution in [0.3, 0.4) is 0 Å². The van der Waals surface area contributed by atoms with Crippen LogP contribution in [-0.2, 0) is 6.54 Å². The molecule has 5 heteroatoms. The van der Waals surface area contributed by atoms with Gasteiger partial charge < -0.3 is 4.90 Å². The van der Waals surface area contributed by atoms with Gasteiger partial charge in [0.2, 0.25) is 0 Å². The monoisotopic (exact) mass is 416 g/mol. The highest BCUT2D eigenvalue weighted by Crippen LogP contribution is 2.34. The largest absolute Gasteiger partial charge is 0.331 e. The van der Waals surface area contributed by atoms with Gasteiger partial charge in [0.25, 0.3) is 5.91 Å². The van der Waals surface area contributed by atoms with E-state index in [0.717, 1.165) is 39.9 Å². The molecule has 2 heterocycles. The Balaban J connectivity index is 1.57. The first kappa shape index (κ1) is 18.9. The van der Waals surface area contributed by atoms with Crippen LogP contribution in [0.4, 0.5) is 4.39 Å². The van der Waals surface area contributed by atoms with Gasteiger partial charge in [-0.1, -0.05) is 18.2 Å². The molecule has 0 atom stereocenters. The average molecular weight is 417 g/mol. The van der Waals surface area contributed by atoms with E-state index in [1.54, 1.807) is 23.5 Å². The van der Waals surface area contributed by atoms with E-state index in [-0.39, 0.29) is 17.8 Å². The van der Waals surface area contributed by atoms with Crippen LogP contribution in [0, 0.1) is 12.7 Å². The second kappa shape index (κ2) is 7.65. The molecule has 0 spiro atoms. The van der Waals surface area contributed by atoms with E-state index in [9.17, 15) is 9.18 Å². The minimum atomic E-state index is -0.335. The molecule has 1 fully saturated rings. The fourth-order valence-corrected chi connectivity index (χ4v) is 4.51. The molecular weight excluding hydrogens is 395 g/mol. The van der Waals surface area contributed by atoms with Gasteiger partial charge in [0, 0.05) is 23.5 Å². The first-order chi connectivity index (χ1) is 14.6. The predicted octanol–water partition coefficient (Wildman–Crippen LogP) is 6.22. The van der Waals surface area contributed by atoms with E-state index in [2.05, 4.69) is 37.3 Å². The maximum Gasteiger partial charge on any atom is 0.254 e. The lowest BCUT2D eigenvalue weighted by atomic mass is 10.1. The quantitative estimate of drug-likeness (QED) is 0.387. The van der Waals surface area contributed by atoms with Gasteiger partial charge >= 0.3 is 0 Å². The second-order valence-electron chi connectivity index (χ2n) is 7.84. The molecule has 2 aromatic carbocycles. The van der Waals surface area contributed by atoms with Gasteiger partial charge in [0.1, 0.15) is 5.82 Å². The summed E-state index contributed by atoms with van der Waals surface area (Å²) >= 11 is 1.65. The van der Waals surface area contributed by atoms with Crippen molar-refractivity contribution in [3.63, 3.8) is 0 Å². The van der Waals surface area contributed by atoms with Crippen molar-refractivity contribution in [1.82, 2.24) is 9.88 Å². The highest BCUT2D eigenvalue weighted by Gasteiger charge is 2.33. The third-order valence-electron chi connectivity index (χ3n) is 5.49. The summed E-state index contributed by atoms with van der Waals surface area (Å²) < 4.78 is 13.3. The average Bonchev–Trinajstić information content (AvgIpc) is 3.44. The van der Waals surface area contributed by atoms with Crippen molar-refractivity contribution in [2.75, 3.05) is 0 Å². The van der Waals surface area contributed by atoms with Crippen molar-refractivity contribution in [3.8, 4) is 10.6 Å². The topological polar surface area (TPSA) is 33.2 Å². The number of aryl methyl sites for hydroxylation is 1. The molecule has 1 amide bonds. The molecule has 5 rings (SSSR count). The molecule has 1 saturated carbocycles. The van der Waals surface area contributed by atoms with Crippen LogP contribution in [0.1, 0.15) is 34.3 Å². The molecule has 3 nitrogen and oxygen atoms in total. The fourth-order valence-electron chi connectivity index (χ4n) is 3.76. The number of hydrogen-bond donors (Lipinski definition) is 0. The van der Waals surface area contributed by atoms with Crippen molar-refractivity contribution in [3.05, 3.63) is 88.6 Å². The number of pyridine rings is 1. The van der Waals surface area contributed by atoms with Crippen LogP contribution in [0.15, 0.2) is 66.0 Å². The summed E-state index contributed by atoms with van der Waals surface area (Å²) in [6.07, 6.45) is 2.00. The van der Waals surface area contributed by atoms with Gasteiger partial charge in [-0.3, -0.25) is 4.79 Å². The molecule has 4 aromatic rings. The van der Waals surface area contributed by atoms with Gasteiger partial charge in [-0.05, 0) is 78.7 Å². The molecule has 0 bridgehead atoms. The summed E-state index contributed by atoms with van der Waals surface area (Å²) in [7, 11) is 0. The highest BCUT2D eigenvalue weighted by molar-refractivity contribution is 7.13. The van der Waals surface area contributed by atoms with E-state index >= 15 is 0 Å². The zero-order chi connectivity index (χ0) is 20.7. The number of carbonyl (C=O) groups is 1. The van der Waals surface area contributed by atoms with Gasteiger partial charge in [0.05, 0.1) is 16.1 Å². The molecule has 0 unspecified atom stereocenters. The van der Waals surface area contributed by atoms with Crippen molar-refractivity contribution < 1.29 is 9.18 Å². The van der Waals surface area contributed by atoms with Crippen LogP contribution in [0.25, 0.3) is 21.5 Å². The Bertz CT molecular complexity index is 1210. The number of aromatic nitrogens is 1. The zero-order valence-electron chi connectivity index (χ0n) is 16.6. The standard InChI is InChI=1S/C25H21FN2OS/c1-16-4-5-18-14-19(24(27-22(18)13-16)23-3-2-12-30-23)15-28(21-10-11-21)25(29)17-6-8-20(26)9-7-17/h2-9,12-14,21H,10-11,15H2,1H3. The van der Waals surface area contributed by atoms with Gasteiger partial charge in [-0.15, -0.1) is 11.3 Å². The molecule has 0 N–H and O–H groups in total. The van der Waals surface area contributed by atoms with Gasteiger partial charge in [-0.25, -0.2) is 9.37 Å². The number of halogens is 1. The Hall–Kier alpha value is -3.05. The number of thiophene rings is 1. The number of hydrogen-bond acceptors (Lipinski definition) is 3.